The number of Topliss-reactive ketones (excluding diaryl/α,β-unsaturated/α-hetero) is 1. The Labute approximate surface area is 208 Å². The predicted molar refractivity (Wildman–Crippen MR) is 129 cm³/mol. The van der Waals surface area contributed by atoms with E-state index in [-0.39, 0.29) is 35.7 Å². The number of carbonyl (C=O) groups excluding carboxylic acids is 2. The van der Waals surface area contributed by atoms with E-state index in [4.69, 9.17) is 5.73 Å². The van der Waals surface area contributed by atoms with Crippen LogP contribution in [0.2, 0.25) is 0 Å². The minimum absolute atomic E-state index is 0.0290. The number of piperidine rings is 1. The lowest BCUT2D eigenvalue weighted by Crippen LogP contribution is -2.43. The van der Waals surface area contributed by atoms with Gasteiger partial charge < -0.3 is 16.0 Å². The van der Waals surface area contributed by atoms with Crippen molar-refractivity contribution in [3.8, 4) is 5.69 Å². The highest BCUT2D eigenvalue weighted by Crippen LogP contribution is 2.42. The topological polar surface area (TPSA) is 93.2 Å². The van der Waals surface area contributed by atoms with Crippen molar-refractivity contribution >= 4 is 17.4 Å². The number of hydrogen-bond acceptors (Lipinski definition) is 5. The van der Waals surface area contributed by atoms with E-state index in [1.807, 2.05) is 13.8 Å². The molecule has 1 amide bonds. The average Bonchev–Trinajstić information content (AvgIpc) is 3.49. The highest BCUT2D eigenvalue weighted by atomic mass is 19.4. The van der Waals surface area contributed by atoms with Gasteiger partial charge >= 0.3 is 6.18 Å². The molecule has 2 fully saturated rings. The fraction of sp³-hybridized carbons (Fsp3) is 0.577. The summed E-state index contributed by atoms with van der Waals surface area (Å²) in [7, 11) is 0. The van der Waals surface area contributed by atoms with Crippen LogP contribution in [0.1, 0.15) is 78.1 Å². The highest BCUT2D eigenvalue weighted by molar-refractivity contribution is 6.00. The lowest BCUT2D eigenvalue weighted by Gasteiger charge is -2.34. The standard InChI is InChI=1S/C26H32F3N5O2/c1-25(2)11-20-22(21(35)12-25)23(26(27,28)29)32-34(20)17-7-8-18(24(30)36)19(10-17)31-16-4-3-9-33(14-16)13-15-5-6-15/h7-8,10,15-16,31H,3-6,9,11-14H2,1-2H3,(H2,30,36)/t16-/m1/s1. The number of fused-ring (bicyclic) bond motifs is 1. The molecule has 0 bridgehead atoms. The zero-order chi connectivity index (χ0) is 25.8. The number of carbonyl (C=O) groups is 2. The van der Waals surface area contributed by atoms with Crippen LogP contribution in [0.4, 0.5) is 18.9 Å². The van der Waals surface area contributed by atoms with Crippen molar-refractivity contribution in [1.29, 1.82) is 0 Å². The molecule has 1 saturated heterocycles. The molecule has 1 aliphatic heterocycles. The van der Waals surface area contributed by atoms with Crippen molar-refractivity contribution < 1.29 is 22.8 Å². The summed E-state index contributed by atoms with van der Waals surface area (Å²) in [5.74, 6) is -0.400. The van der Waals surface area contributed by atoms with Gasteiger partial charge in [0, 0.05) is 31.2 Å². The first-order valence-corrected chi connectivity index (χ1v) is 12.6. The fourth-order valence-electron chi connectivity index (χ4n) is 5.58. The highest BCUT2D eigenvalue weighted by Gasteiger charge is 2.45. The maximum atomic E-state index is 13.9. The molecule has 7 nitrogen and oxygen atoms in total. The number of likely N-dealkylation sites (tertiary alicyclic amines) is 1. The monoisotopic (exact) mass is 503 g/mol. The van der Waals surface area contributed by atoms with Gasteiger partial charge in [0.1, 0.15) is 0 Å². The molecule has 1 saturated carbocycles. The van der Waals surface area contributed by atoms with Gasteiger partial charge in [-0.15, -0.1) is 0 Å². The van der Waals surface area contributed by atoms with Gasteiger partial charge in [0.05, 0.1) is 22.5 Å². The number of rotatable bonds is 6. The van der Waals surface area contributed by atoms with Gasteiger partial charge in [-0.2, -0.15) is 18.3 Å². The largest absolute Gasteiger partial charge is 0.435 e. The molecule has 0 radical (unpaired) electrons. The van der Waals surface area contributed by atoms with Crippen LogP contribution in [0.5, 0.6) is 0 Å². The molecule has 3 N–H and O–H groups in total. The average molecular weight is 504 g/mol. The Morgan fingerprint density at radius 2 is 1.97 bits per heavy atom. The Balaban J connectivity index is 1.52. The number of nitrogens with zero attached hydrogens (tertiary/aromatic N) is 3. The smallest absolute Gasteiger partial charge is 0.380 e. The number of halogens is 3. The van der Waals surface area contributed by atoms with Crippen LogP contribution in [0, 0.1) is 11.3 Å². The number of benzene rings is 1. The SMILES string of the molecule is CC1(C)CC(=O)c2c(C(F)(F)F)nn(-c3ccc(C(N)=O)c(N[C@@H]4CCCN(CC5CC5)C4)c3)c2C1. The predicted octanol–water partition coefficient (Wildman–Crippen LogP) is 4.43. The number of hydrogen-bond donors (Lipinski definition) is 2. The third-order valence-electron chi connectivity index (χ3n) is 7.41. The van der Waals surface area contributed by atoms with Crippen LogP contribution in [-0.4, -0.2) is 52.0 Å². The Morgan fingerprint density at radius 3 is 2.64 bits per heavy atom. The maximum Gasteiger partial charge on any atom is 0.435 e. The van der Waals surface area contributed by atoms with Gasteiger partial charge in [-0.1, -0.05) is 13.8 Å². The third kappa shape index (κ3) is 5.00. The summed E-state index contributed by atoms with van der Waals surface area (Å²) in [5, 5.41) is 7.32. The first-order valence-electron chi connectivity index (χ1n) is 12.6. The Kier molecular flexibility index (Phi) is 6.13. The summed E-state index contributed by atoms with van der Waals surface area (Å²) in [6.45, 7) is 6.67. The number of aromatic nitrogens is 2. The van der Waals surface area contributed by atoms with Gasteiger partial charge in [-0.3, -0.25) is 9.59 Å². The fourth-order valence-corrected chi connectivity index (χ4v) is 5.58. The van der Waals surface area contributed by atoms with Gasteiger partial charge in [-0.05, 0) is 68.2 Å². The number of nitrogens with one attached hydrogen (secondary N) is 1. The quantitative estimate of drug-likeness (QED) is 0.608. The van der Waals surface area contributed by atoms with E-state index >= 15 is 0 Å². The summed E-state index contributed by atoms with van der Waals surface area (Å²) in [6, 6.07) is 4.76. The van der Waals surface area contributed by atoms with Crippen LogP contribution in [0.15, 0.2) is 18.2 Å². The molecular formula is C26H32F3N5O2. The van der Waals surface area contributed by atoms with Crippen molar-refractivity contribution in [2.24, 2.45) is 17.1 Å². The van der Waals surface area contributed by atoms with Gasteiger partial charge in [0.25, 0.3) is 5.91 Å². The van der Waals surface area contributed by atoms with E-state index in [0.29, 0.717) is 11.4 Å². The van der Waals surface area contributed by atoms with E-state index in [2.05, 4.69) is 15.3 Å². The second kappa shape index (κ2) is 8.90. The van der Waals surface area contributed by atoms with Crippen LogP contribution < -0.4 is 11.1 Å². The number of primary amides is 1. The minimum atomic E-state index is -4.76. The van der Waals surface area contributed by atoms with Crippen LogP contribution in [0.25, 0.3) is 5.69 Å². The Hall–Kier alpha value is -2.88. The molecule has 2 heterocycles. The number of nitrogens with two attached hydrogens (primary N) is 1. The first-order chi connectivity index (χ1) is 16.9. The zero-order valence-electron chi connectivity index (χ0n) is 20.6. The van der Waals surface area contributed by atoms with Crippen LogP contribution >= 0.6 is 0 Å². The van der Waals surface area contributed by atoms with Crippen molar-refractivity contribution in [3.05, 3.63) is 40.7 Å². The van der Waals surface area contributed by atoms with E-state index in [1.165, 1.54) is 29.7 Å². The Morgan fingerprint density at radius 1 is 1.22 bits per heavy atom. The maximum absolute atomic E-state index is 13.9. The molecule has 2 aromatic rings. The molecular weight excluding hydrogens is 471 g/mol. The van der Waals surface area contributed by atoms with E-state index < -0.39 is 29.0 Å². The molecule has 194 valence electrons. The molecule has 2 aliphatic carbocycles. The molecule has 1 aromatic carbocycles. The molecule has 1 aromatic heterocycles. The third-order valence-corrected chi connectivity index (χ3v) is 7.41. The molecule has 10 heteroatoms. The Bertz CT molecular complexity index is 1200. The van der Waals surface area contributed by atoms with E-state index in [9.17, 15) is 22.8 Å². The molecule has 36 heavy (non-hydrogen) atoms. The molecule has 5 rings (SSSR count). The van der Waals surface area contributed by atoms with E-state index in [1.54, 1.807) is 6.07 Å². The first kappa shape index (κ1) is 24.8. The normalized spacial score (nSPS) is 22.4. The van der Waals surface area contributed by atoms with Gasteiger partial charge in [-0.25, -0.2) is 4.68 Å². The zero-order valence-corrected chi connectivity index (χ0v) is 20.6. The molecule has 0 unspecified atom stereocenters. The summed E-state index contributed by atoms with van der Waals surface area (Å²) in [4.78, 5) is 27.4. The molecule has 1 atom stereocenters. The van der Waals surface area contributed by atoms with Crippen molar-refractivity contribution in [1.82, 2.24) is 14.7 Å². The van der Waals surface area contributed by atoms with E-state index in [0.717, 1.165) is 38.4 Å². The van der Waals surface area contributed by atoms with Crippen molar-refractivity contribution in [3.63, 3.8) is 0 Å². The summed E-state index contributed by atoms with van der Waals surface area (Å²) >= 11 is 0. The minimum Gasteiger partial charge on any atom is -0.380 e. The van der Waals surface area contributed by atoms with Crippen molar-refractivity contribution in [2.75, 3.05) is 25.0 Å². The lowest BCUT2D eigenvalue weighted by molar-refractivity contribution is -0.141. The lowest BCUT2D eigenvalue weighted by atomic mass is 9.75. The van der Waals surface area contributed by atoms with Gasteiger partial charge in [0.15, 0.2) is 11.5 Å². The van der Waals surface area contributed by atoms with Gasteiger partial charge in [0.2, 0.25) is 0 Å². The number of alkyl halides is 3. The summed E-state index contributed by atoms with van der Waals surface area (Å²) in [6.07, 6.45) is 0.0352. The van der Waals surface area contributed by atoms with Crippen LogP contribution in [-0.2, 0) is 12.6 Å². The van der Waals surface area contributed by atoms with Crippen molar-refractivity contribution in [2.45, 2.75) is 64.6 Å². The summed E-state index contributed by atoms with van der Waals surface area (Å²) in [5.41, 5.74) is 4.97. The summed E-state index contributed by atoms with van der Waals surface area (Å²) < 4.78 is 42.8. The number of amides is 1. The number of anilines is 1. The number of ketones is 1. The van der Waals surface area contributed by atoms with Crippen LogP contribution in [0.3, 0.4) is 0 Å². The molecule has 3 aliphatic rings. The second-order valence-corrected chi connectivity index (χ2v) is 11.3. The second-order valence-electron chi connectivity index (χ2n) is 11.3. The molecule has 0 spiro atoms.